The molecule has 58 valence electrons. The van der Waals surface area contributed by atoms with Crippen LogP contribution < -0.4 is 0 Å². The Labute approximate surface area is 72.1 Å². The van der Waals surface area contributed by atoms with Gasteiger partial charge in [-0.1, -0.05) is 17.7 Å². The summed E-state index contributed by atoms with van der Waals surface area (Å²) in [6.07, 6.45) is 0.785. The molecule has 0 bridgehead atoms. The predicted molar refractivity (Wildman–Crippen MR) is 45.1 cm³/mol. The van der Waals surface area contributed by atoms with E-state index in [2.05, 4.69) is 0 Å². The minimum absolute atomic E-state index is 0.171. The first kappa shape index (κ1) is 8.23. The lowest BCUT2D eigenvalue weighted by Gasteiger charge is -1.86. The average molecular weight is 190 g/mol. The van der Waals surface area contributed by atoms with E-state index in [1.54, 1.807) is 12.1 Å². The van der Waals surface area contributed by atoms with Crippen molar-refractivity contribution in [1.82, 2.24) is 0 Å². The van der Waals surface area contributed by atoms with Crippen molar-refractivity contribution in [3.05, 3.63) is 38.7 Å². The van der Waals surface area contributed by atoms with E-state index in [1.165, 1.54) is 11.3 Å². The van der Waals surface area contributed by atoms with Gasteiger partial charge in [-0.05, 0) is 11.4 Å². The molecule has 0 aliphatic heterocycles. The third kappa shape index (κ3) is 2.32. The van der Waals surface area contributed by atoms with Crippen molar-refractivity contribution in [3.8, 4) is 0 Å². The Kier molecular flexibility index (Phi) is 2.62. The van der Waals surface area contributed by atoms with E-state index in [-0.39, 0.29) is 5.03 Å². The van der Waals surface area contributed by atoms with E-state index in [4.69, 9.17) is 11.6 Å². The fourth-order valence-electron chi connectivity index (χ4n) is 0.571. The number of halogens is 1. The second-order valence-electron chi connectivity index (χ2n) is 1.74. The molecule has 1 heterocycles. The molecule has 0 saturated carbocycles. The number of thiophene rings is 1. The Morgan fingerprint density at radius 1 is 1.82 bits per heavy atom. The summed E-state index contributed by atoms with van der Waals surface area (Å²) in [5.74, 6) is 0. The van der Waals surface area contributed by atoms with Crippen molar-refractivity contribution in [2.75, 3.05) is 0 Å². The maximum Gasteiger partial charge on any atom is 0.254 e. The third-order valence-electron chi connectivity index (χ3n) is 0.975. The van der Waals surface area contributed by atoms with E-state index < -0.39 is 4.92 Å². The van der Waals surface area contributed by atoms with Crippen LogP contribution in [0.5, 0.6) is 0 Å². The van der Waals surface area contributed by atoms with Crippen LogP contribution in [0.15, 0.2) is 23.7 Å². The van der Waals surface area contributed by atoms with E-state index in [0.29, 0.717) is 4.88 Å². The molecular weight excluding hydrogens is 186 g/mol. The van der Waals surface area contributed by atoms with Crippen molar-refractivity contribution in [2.45, 2.75) is 0 Å². The molecule has 0 fully saturated rings. The fourth-order valence-corrected chi connectivity index (χ4v) is 1.47. The molecule has 0 atom stereocenters. The molecule has 1 aromatic heterocycles. The van der Waals surface area contributed by atoms with Gasteiger partial charge >= 0.3 is 0 Å². The van der Waals surface area contributed by atoms with Crippen molar-refractivity contribution >= 4 is 28.0 Å². The van der Waals surface area contributed by atoms with Gasteiger partial charge in [0, 0.05) is 0 Å². The zero-order valence-corrected chi connectivity index (χ0v) is 6.93. The topological polar surface area (TPSA) is 43.1 Å². The average Bonchev–Trinajstić information content (AvgIpc) is 2.35. The first-order valence-corrected chi connectivity index (χ1v) is 4.00. The van der Waals surface area contributed by atoms with Gasteiger partial charge in [0.15, 0.2) is 0 Å². The molecule has 0 aliphatic carbocycles. The molecule has 0 N–H and O–H groups in total. The molecule has 0 spiro atoms. The van der Waals surface area contributed by atoms with Crippen molar-refractivity contribution in [3.63, 3.8) is 0 Å². The van der Waals surface area contributed by atoms with Gasteiger partial charge in [-0.25, -0.2) is 0 Å². The molecule has 11 heavy (non-hydrogen) atoms. The van der Waals surface area contributed by atoms with Crippen molar-refractivity contribution in [2.24, 2.45) is 0 Å². The van der Waals surface area contributed by atoms with Gasteiger partial charge in [0.1, 0.15) is 5.03 Å². The molecule has 0 aromatic carbocycles. The zero-order chi connectivity index (χ0) is 8.27. The smallest absolute Gasteiger partial charge is 0.254 e. The molecule has 3 nitrogen and oxygen atoms in total. The highest BCUT2D eigenvalue weighted by Crippen LogP contribution is 2.22. The van der Waals surface area contributed by atoms with Gasteiger partial charge in [0.25, 0.3) is 6.20 Å². The summed E-state index contributed by atoms with van der Waals surface area (Å²) in [7, 11) is 0. The molecular formula is C6H4ClNO2S. The number of nitrogens with zero attached hydrogens (tertiary/aromatic N) is 1. The Hall–Kier alpha value is -0.870. The van der Waals surface area contributed by atoms with Gasteiger partial charge in [-0.2, -0.15) is 0 Å². The van der Waals surface area contributed by atoms with Crippen LogP contribution in [-0.4, -0.2) is 4.92 Å². The van der Waals surface area contributed by atoms with Crippen LogP contribution in [-0.2, 0) is 0 Å². The van der Waals surface area contributed by atoms with Crippen LogP contribution in [0, 0.1) is 10.1 Å². The Bertz CT molecular complexity index is 281. The lowest BCUT2D eigenvalue weighted by molar-refractivity contribution is -0.401. The molecule has 0 aliphatic rings. The summed E-state index contributed by atoms with van der Waals surface area (Å²) in [5, 5.41) is 11.9. The molecule has 0 unspecified atom stereocenters. The zero-order valence-electron chi connectivity index (χ0n) is 5.36. The molecule has 0 saturated heterocycles. The first-order valence-electron chi connectivity index (χ1n) is 2.75. The van der Waals surface area contributed by atoms with Gasteiger partial charge in [-0.3, -0.25) is 10.1 Å². The number of hydrogen-bond donors (Lipinski definition) is 0. The third-order valence-corrected chi connectivity index (χ3v) is 2.29. The number of hydrogen-bond acceptors (Lipinski definition) is 3. The molecule has 0 amide bonds. The summed E-state index contributed by atoms with van der Waals surface area (Å²) < 4.78 is 0. The van der Waals surface area contributed by atoms with E-state index >= 15 is 0 Å². The highest BCUT2D eigenvalue weighted by molar-refractivity contribution is 7.11. The van der Waals surface area contributed by atoms with Crippen LogP contribution in [0.1, 0.15) is 4.88 Å². The fraction of sp³-hybridized carbons (Fsp3) is 0. The molecule has 1 aromatic rings. The largest absolute Gasteiger partial charge is 0.259 e. The first-order chi connectivity index (χ1) is 5.20. The van der Waals surface area contributed by atoms with Crippen LogP contribution in [0.4, 0.5) is 0 Å². The lowest BCUT2D eigenvalue weighted by Crippen LogP contribution is -1.83. The van der Waals surface area contributed by atoms with Gasteiger partial charge < -0.3 is 0 Å². The normalized spacial score (nSPS) is 11.5. The number of rotatable bonds is 2. The second kappa shape index (κ2) is 3.50. The molecule has 0 radical (unpaired) electrons. The lowest BCUT2D eigenvalue weighted by atomic mass is 10.4. The highest BCUT2D eigenvalue weighted by atomic mass is 35.5. The summed E-state index contributed by atoms with van der Waals surface area (Å²) in [6.45, 7) is 0. The second-order valence-corrected chi connectivity index (χ2v) is 3.09. The molecule has 5 heteroatoms. The van der Waals surface area contributed by atoms with Gasteiger partial charge in [0.05, 0.1) is 9.80 Å². The Morgan fingerprint density at radius 3 is 3.00 bits per heavy atom. The van der Waals surface area contributed by atoms with E-state index in [1.807, 2.05) is 5.38 Å². The van der Waals surface area contributed by atoms with Crippen molar-refractivity contribution < 1.29 is 4.92 Å². The van der Waals surface area contributed by atoms with E-state index in [9.17, 15) is 10.1 Å². The Balaban J connectivity index is 2.86. The maximum atomic E-state index is 9.95. The van der Waals surface area contributed by atoms with Crippen molar-refractivity contribution in [1.29, 1.82) is 0 Å². The monoisotopic (exact) mass is 189 g/mol. The summed E-state index contributed by atoms with van der Waals surface area (Å²) >= 11 is 6.94. The quantitative estimate of drug-likeness (QED) is 0.530. The summed E-state index contributed by atoms with van der Waals surface area (Å²) in [4.78, 5) is 10.1. The molecule has 1 rings (SSSR count). The van der Waals surface area contributed by atoms with Crippen LogP contribution in [0.3, 0.4) is 0 Å². The minimum Gasteiger partial charge on any atom is -0.259 e. The SMILES string of the molecule is O=[N+]([O-])C=C(Cl)c1cccs1. The maximum absolute atomic E-state index is 9.95. The van der Waals surface area contributed by atoms with Crippen LogP contribution in [0.2, 0.25) is 0 Å². The summed E-state index contributed by atoms with van der Waals surface area (Å²) in [6, 6.07) is 3.52. The standard InChI is InChI=1S/C6H4ClNO2S/c7-5(4-8(9)10)6-2-1-3-11-6/h1-4H. The minimum atomic E-state index is -0.567. The van der Waals surface area contributed by atoms with Gasteiger partial charge in [-0.15, -0.1) is 11.3 Å². The van der Waals surface area contributed by atoms with Gasteiger partial charge in [0.2, 0.25) is 0 Å². The highest BCUT2D eigenvalue weighted by Gasteiger charge is 2.02. The van der Waals surface area contributed by atoms with E-state index in [0.717, 1.165) is 6.20 Å². The number of nitro groups is 1. The summed E-state index contributed by atoms with van der Waals surface area (Å²) in [5.41, 5.74) is 0. The Morgan fingerprint density at radius 2 is 2.55 bits per heavy atom. The predicted octanol–water partition coefficient (Wildman–Crippen LogP) is 2.56. The van der Waals surface area contributed by atoms with Crippen LogP contribution in [0.25, 0.3) is 5.03 Å². The van der Waals surface area contributed by atoms with Crippen LogP contribution >= 0.6 is 22.9 Å².